The van der Waals surface area contributed by atoms with Crippen molar-refractivity contribution < 1.29 is 4.79 Å². The van der Waals surface area contributed by atoms with E-state index >= 15 is 0 Å². The fraction of sp³-hybridized carbons (Fsp3) is 0.154. The Labute approximate surface area is 190 Å². The van der Waals surface area contributed by atoms with E-state index in [1.165, 1.54) is 5.56 Å². The highest BCUT2D eigenvalue weighted by atomic mass is 16.1. The molecule has 1 N–H and O–H groups in total. The van der Waals surface area contributed by atoms with Crippen LogP contribution < -0.4 is 10.9 Å². The van der Waals surface area contributed by atoms with Crippen molar-refractivity contribution in [3.05, 3.63) is 106 Å². The number of fused-ring (bicyclic) bond motifs is 2. The molecule has 0 radical (unpaired) electrons. The second-order valence-corrected chi connectivity index (χ2v) is 8.09. The molecule has 7 heteroatoms. The Hall–Kier alpha value is -4.26. The Morgan fingerprint density at radius 2 is 1.79 bits per heavy atom. The lowest BCUT2D eigenvalue weighted by molar-refractivity contribution is 0.0952. The number of nitrogens with zero attached hydrogens (tertiary/aromatic N) is 4. The van der Waals surface area contributed by atoms with Gasteiger partial charge in [-0.2, -0.15) is 5.10 Å². The zero-order chi connectivity index (χ0) is 22.8. The Morgan fingerprint density at radius 3 is 2.61 bits per heavy atom. The average Bonchev–Trinajstić information content (AvgIpc) is 3.25. The van der Waals surface area contributed by atoms with Crippen molar-refractivity contribution in [3.63, 3.8) is 0 Å². The summed E-state index contributed by atoms with van der Waals surface area (Å²) in [6.07, 6.45) is 3.10. The molecule has 0 saturated heterocycles. The van der Waals surface area contributed by atoms with Gasteiger partial charge in [-0.15, -0.1) is 0 Å². The molecule has 1 amide bonds. The number of rotatable bonds is 6. The van der Waals surface area contributed by atoms with E-state index < -0.39 is 0 Å². The van der Waals surface area contributed by atoms with Crippen LogP contribution in [0.1, 0.15) is 21.5 Å². The molecule has 0 atom stereocenters. The molecule has 33 heavy (non-hydrogen) atoms. The minimum Gasteiger partial charge on any atom is -0.350 e. The van der Waals surface area contributed by atoms with Crippen molar-refractivity contribution in [2.75, 3.05) is 6.54 Å². The largest absolute Gasteiger partial charge is 0.350 e. The van der Waals surface area contributed by atoms with Crippen LogP contribution in [0.3, 0.4) is 0 Å². The standard InChI is InChI=1S/C26H23N5O2/c1-18-6-8-19(9-7-18)16-30-17-28-24-23(26(30)33)15-29-31(24)13-12-27-25(32)22-11-10-20-4-2-3-5-21(20)14-22/h2-11,14-15,17H,12-13,16H2,1H3,(H,27,32). The Morgan fingerprint density at radius 1 is 1.00 bits per heavy atom. The molecule has 0 saturated carbocycles. The van der Waals surface area contributed by atoms with Gasteiger partial charge in [0.2, 0.25) is 0 Å². The average molecular weight is 438 g/mol. The van der Waals surface area contributed by atoms with Gasteiger partial charge in [-0.3, -0.25) is 14.2 Å². The molecule has 0 aliphatic carbocycles. The van der Waals surface area contributed by atoms with Crippen LogP contribution in [0.5, 0.6) is 0 Å². The fourth-order valence-electron chi connectivity index (χ4n) is 3.87. The van der Waals surface area contributed by atoms with Gasteiger partial charge in [0.1, 0.15) is 11.7 Å². The lowest BCUT2D eigenvalue weighted by Gasteiger charge is -2.08. The summed E-state index contributed by atoms with van der Waals surface area (Å²) >= 11 is 0. The van der Waals surface area contributed by atoms with Crippen molar-refractivity contribution in [2.24, 2.45) is 0 Å². The Bertz CT molecular complexity index is 1520. The van der Waals surface area contributed by atoms with Crippen molar-refractivity contribution in [3.8, 4) is 0 Å². The van der Waals surface area contributed by atoms with E-state index in [0.29, 0.717) is 36.2 Å². The quantitative estimate of drug-likeness (QED) is 0.441. The number of benzene rings is 3. The summed E-state index contributed by atoms with van der Waals surface area (Å²) in [6.45, 7) is 3.27. The maximum absolute atomic E-state index is 12.9. The van der Waals surface area contributed by atoms with Gasteiger partial charge in [0, 0.05) is 12.1 Å². The van der Waals surface area contributed by atoms with Crippen molar-refractivity contribution in [1.29, 1.82) is 0 Å². The normalized spacial score (nSPS) is 11.2. The van der Waals surface area contributed by atoms with Gasteiger partial charge in [0.05, 0.1) is 19.3 Å². The number of carbonyl (C=O) groups excluding carboxylic acids is 1. The van der Waals surface area contributed by atoms with Gasteiger partial charge in [0.15, 0.2) is 5.65 Å². The lowest BCUT2D eigenvalue weighted by atomic mass is 10.1. The van der Waals surface area contributed by atoms with E-state index in [9.17, 15) is 9.59 Å². The highest BCUT2D eigenvalue weighted by Gasteiger charge is 2.11. The molecule has 0 spiro atoms. The van der Waals surface area contributed by atoms with Crippen LogP contribution in [0, 0.1) is 6.92 Å². The minimum atomic E-state index is -0.148. The molecular weight excluding hydrogens is 414 g/mol. The number of nitrogens with one attached hydrogen (secondary N) is 1. The van der Waals surface area contributed by atoms with Gasteiger partial charge in [-0.25, -0.2) is 9.67 Å². The molecule has 5 aromatic rings. The summed E-state index contributed by atoms with van der Waals surface area (Å²) in [5.41, 5.74) is 3.20. The smallest absolute Gasteiger partial charge is 0.264 e. The number of aromatic nitrogens is 4. The van der Waals surface area contributed by atoms with Crippen LogP contribution in [0.15, 0.2) is 84.0 Å². The maximum atomic E-state index is 12.9. The zero-order valence-electron chi connectivity index (χ0n) is 18.2. The molecule has 3 aromatic carbocycles. The maximum Gasteiger partial charge on any atom is 0.264 e. The topological polar surface area (TPSA) is 81.8 Å². The van der Waals surface area contributed by atoms with Crippen molar-refractivity contribution in [2.45, 2.75) is 20.0 Å². The van der Waals surface area contributed by atoms with Crippen LogP contribution in [-0.4, -0.2) is 31.8 Å². The van der Waals surface area contributed by atoms with Gasteiger partial charge >= 0.3 is 0 Å². The molecule has 0 unspecified atom stereocenters. The van der Waals surface area contributed by atoms with Crippen molar-refractivity contribution >= 4 is 27.7 Å². The number of hydrogen-bond acceptors (Lipinski definition) is 4. The summed E-state index contributed by atoms with van der Waals surface area (Å²) in [6, 6.07) is 21.6. The Balaban J connectivity index is 1.27. The van der Waals surface area contributed by atoms with E-state index in [1.54, 1.807) is 21.8 Å². The SMILES string of the molecule is Cc1ccc(Cn2cnc3c(cnn3CCNC(=O)c3ccc4ccccc4c3)c2=O)cc1. The van der Waals surface area contributed by atoms with E-state index in [0.717, 1.165) is 16.3 Å². The van der Waals surface area contributed by atoms with Gasteiger partial charge in [-0.05, 0) is 35.4 Å². The fourth-order valence-corrected chi connectivity index (χ4v) is 3.87. The summed E-state index contributed by atoms with van der Waals surface area (Å²) in [4.78, 5) is 29.9. The highest BCUT2D eigenvalue weighted by Crippen LogP contribution is 2.15. The number of amides is 1. The van der Waals surface area contributed by atoms with E-state index in [1.807, 2.05) is 73.7 Å². The first-order valence-corrected chi connectivity index (χ1v) is 10.8. The van der Waals surface area contributed by atoms with Crippen LogP contribution >= 0.6 is 0 Å². The number of hydrogen-bond donors (Lipinski definition) is 1. The molecule has 0 aliphatic rings. The van der Waals surface area contributed by atoms with Crippen LogP contribution in [0.4, 0.5) is 0 Å². The van der Waals surface area contributed by atoms with Crippen LogP contribution in [0.2, 0.25) is 0 Å². The van der Waals surface area contributed by atoms with E-state index in [2.05, 4.69) is 15.4 Å². The minimum absolute atomic E-state index is 0.132. The summed E-state index contributed by atoms with van der Waals surface area (Å²) in [7, 11) is 0. The van der Waals surface area contributed by atoms with Crippen molar-refractivity contribution in [1.82, 2.24) is 24.6 Å². The summed E-state index contributed by atoms with van der Waals surface area (Å²) in [5, 5.41) is 9.81. The zero-order valence-corrected chi connectivity index (χ0v) is 18.2. The summed E-state index contributed by atoms with van der Waals surface area (Å²) in [5.74, 6) is -0.148. The highest BCUT2D eigenvalue weighted by molar-refractivity contribution is 5.98. The Kier molecular flexibility index (Phi) is 5.44. The molecule has 2 aromatic heterocycles. The van der Waals surface area contributed by atoms with Gasteiger partial charge in [0.25, 0.3) is 11.5 Å². The molecule has 0 aliphatic heterocycles. The molecule has 2 heterocycles. The third-order valence-corrected chi connectivity index (χ3v) is 5.72. The van der Waals surface area contributed by atoms with Crippen LogP contribution in [0.25, 0.3) is 21.8 Å². The van der Waals surface area contributed by atoms with Crippen LogP contribution in [-0.2, 0) is 13.1 Å². The lowest BCUT2D eigenvalue weighted by Crippen LogP contribution is -2.27. The third kappa shape index (κ3) is 4.25. The second-order valence-electron chi connectivity index (χ2n) is 8.09. The van der Waals surface area contributed by atoms with E-state index in [-0.39, 0.29) is 11.5 Å². The number of carbonyl (C=O) groups is 1. The van der Waals surface area contributed by atoms with Gasteiger partial charge in [-0.1, -0.05) is 60.2 Å². The molecule has 0 fully saturated rings. The molecule has 5 rings (SSSR count). The predicted octanol–water partition coefficient (Wildman–Crippen LogP) is 3.53. The molecule has 0 bridgehead atoms. The summed E-state index contributed by atoms with van der Waals surface area (Å²) < 4.78 is 3.23. The second kappa shape index (κ2) is 8.70. The molecular formula is C26H23N5O2. The molecule has 164 valence electrons. The van der Waals surface area contributed by atoms with Gasteiger partial charge < -0.3 is 5.32 Å². The first-order valence-electron chi connectivity index (χ1n) is 10.8. The third-order valence-electron chi connectivity index (χ3n) is 5.72. The number of aryl methyl sites for hydroxylation is 1. The predicted molar refractivity (Wildman–Crippen MR) is 128 cm³/mol. The first kappa shape index (κ1) is 20.6. The first-order chi connectivity index (χ1) is 16.1. The monoisotopic (exact) mass is 437 g/mol. The van der Waals surface area contributed by atoms with E-state index in [4.69, 9.17) is 0 Å². The molecule has 7 nitrogen and oxygen atoms in total.